The first-order valence-electron chi connectivity index (χ1n) is 8.65. The summed E-state index contributed by atoms with van der Waals surface area (Å²) >= 11 is 12.1. The molecule has 0 bridgehead atoms. The van der Waals surface area contributed by atoms with Crippen LogP contribution in [0.4, 0.5) is 5.69 Å². The van der Waals surface area contributed by atoms with Crippen LogP contribution in [0.5, 0.6) is 0 Å². The van der Waals surface area contributed by atoms with Crippen molar-refractivity contribution in [2.45, 2.75) is 18.7 Å². The molecule has 148 valence electrons. The smallest absolute Gasteiger partial charge is 0.263 e. The first-order valence-corrected chi connectivity index (χ1v) is 10.9. The van der Waals surface area contributed by atoms with Gasteiger partial charge in [-0.1, -0.05) is 35.3 Å². The van der Waals surface area contributed by atoms with Crippen molar-refractivity contribution in [3.8, 4) is 11.3 Å². The molecule has 2 aromatic heterocycles. The SMILES string of the molecule is Cc1cc(S(=O)(=O)Nc2cccc(-c3nc4ncccn4c3C)c2)c(Cl)cc1Cl. The molecule has 1 N–H and O–H groups in total. The molecule has 4 rings (SSSR count). The summed E-state index contributed by atoms with van der Waals surface area (Å²) in [7, 11) is -3.90. The number of imidazole rings is 1. The van der Waals surface area contributed by atoms with E-state index in [2.05, 4.69) is 14.7 Å². The number of halogens is 2. The van der Waals surface area contributed by atoms with E-state index in [9.17, 15) is 8.42 Å². The molecule has 0 saturated carbocycles. The Kier molecular flexibility index (Phi) is 4.98. The van der Waals surface area contributed by atoms with Crippen molar-refractivity contribution in [3.63, 3.8) is 0 Å². The molecular formula is C20H16Cl2N4O2S. The summed E-state index contributed by atoms with van der Waals surface area (Å²) in [6.07, 6.45) is 3.56. The van der Waals surface area contributed by atoms with Gasteiger partial charge >= 0.3 is 0 Å². The molecule has 0 aliphatic heterocycles. The van der Waals surface area contributed by atoms with Crippen LogP contribution in [-0.4, -0.2) is 22.8 Å². The number of aromatic nitrogens is 3. The summed E-state index contributed by atoms with van der Waals surface area (Å²) in [4.78, 5) is 8.77. The summed E-state index contributed by atoms with van der Waals surface area (Å²) in [5, 5.41) is 0.471. The Morgan fingerprint density at radius 1 is 1.03 bits per heavy atom. The lowest BCUT2D eigenvalue weighted by Crippen LogP contribution is -2.13. The van der Waals surface area contributed by atoms with Gasteiger partial charge in [0.25, 0.3) is 10.0 Å². The zero-order valence-corrected chi connectivity index (χ0v) is 17.8. The summed E-state index contributed by atoms with van der Waals surface area (Å²) in [6.45, 7) is 3.66. The molecule has 0 amide bonds. The van der Waals surface area contributed by atoms with E-state index in [1.54, 1.807) is 31.3 Å². The predicted octanol–water partition coefficient (Wildman–Crippen LogP) is 5.12. The van der Waals surface area contributed by atoms with Gasteiger partial charge < -0.3 is 0 Å². The Hall–Kier alpha value is -2.61. The van der Waals surface area contributed by atoms with E-state index >= 15 is 0 Å². The maximum absolute atomic E-state index is 12.9. The summed E-state index contributed by atoms with van der Waals surface area (Å²) in [6, 6.07) is 11.7. The Morgan fingerprint density at radius 2 is 1.83 bits per heavy atom. The summed E-state index contributed by atoms with van der Waals surface area (Å²) in [5.41, 5.74) is 3.43. The number of nitrogens with one attached hydrogen (secondary N) is 1. The van der Waals surface area contributed by atoms with Gasteiger partial charge in [0, 0.05) is 34.4 Å². The summed E-state index contributed by atoms with van der Waals surface area (Å²) < 4.78 is 30.2. The number of anilines is 1. The van der Waals surface area contributed by atoms with E-state index in [4.69, 9.17) is 23.2 Å². The third-order valence-electron chi connectivity index (χ3n) is 4.53. The second-order valence-corrected chi connectivity index (χ2v) is 9.02. The first-order chi connectivity index (χ1) is 13.8. The fourth-order valence-electron chi connectivity index (χ4n) is 3.05. The normalized spacial score (nSPS) is 11.7. The Balaban J connectivity index is 1.72. The second kappa shape index (κ2) is 7.33. The lowest BCUT2D eigenvalue weighted by atomic mass is 10.1. The minimum Gasteiger partial charge on any atom is -0.288 e. The Bertz CT molecular complexity index is 1350. The molecule has 0 atom stereocenters. The zero-order valence-electron chi connectivity index (χ0n) is 15.5. The predicted molar refractivity (Wildman–Crippen MR) is 115 cm³/mol. The number of rotatable bonds is 4. The minimum absolute atomic E-state index is 0.0282. The van der Waals surface area contributed by atoms with Gasteiger partial charge in [-0.15, -0.1) is 0 Å². The van der Waals surface area contributed by atoms with Gasteiger partial charge in [0.15, 0.2) is 0 Å². The number of fused-ring (bicyclic) bond motifs is 1. The Labute approximate surface area is 178 Å². The zero-order chi connectivity index (χ0) is 20.8. The van der Waals surface area contributed by atoms with Gasteiger partial charge in [0.1, 0.15) is 4.90 Å². The van der Waals surface area contributed by atoms with Gasteiger partial charge in [0.05, 0.1) is 10.7 Å². The third kappa shape index (κ3) is 3.69. The maximum Gasteiger partial charge on any atom is 0.263 e. The van der Waals surface area contributed by atoms with Gasteiger partial charge in [-0.2, -0.15) is 0 Å². The lowest BCUT2D eigenvalue weighted by Gasteiger charge is -2.12. The monoisotopic (exact) mass is 446 g/mol. The summed E-state index contributed by atoms with van der Waals surface area (Å²) in [5.74, 6) is 0.578. The molecule has 0 fully saturated rings. The van der Waals surface area contributed by atoms with Crippen LogP contribution in [0.1, 0.15) is 11.3 Å². The van der Waals surface area contributed by atoms with Crippen molar-refractivity contribution in [2.75, 3.05) is 4.72 Å². The number of nitrogens with zero attached hydrogens (tertiary/aromatic N) is 3. The molecule has 2 heterocycles. The average molecular weight is 447 g/mol. The quantitative estimate of drug-likeness (QED) is 0.471. The maximum atomic E-state index is 12.9. The van der Waals surface area contributed by atoms with E-state index in [1.165, 1.54) is 12.1 Å². The van der Waals surface area contributed by atoms with Crippen LogP contribution in [0, 0.1) is 13.8 Å². The number of benzene rings is 2. The van der Waals surface area contributed by atoms with Gasteiger partial charge in [0.2, 0.25) is 5.78 Å². The standard InChI is InChI=1S/C20H16Cl2N4O2S/c1-12-9-18(17(22)11-16(12)21)29(27,28)25-15-6-3-5-14(10-15)19-13(2)26-8-4-7-23-20(26)24-19/h3-11,25H,1-2H3. The van der Waals surface area contributed by atoms with Crippen molar-refractivity contribution < 1.29 is 8.42 Å². The number of hydrogen-bond donors (Lipinski definition) is 1. The van der Waals surface area contributed by atoms with E-state index in [1.807, 2.05) is 29.7 Å². The average Bonchev–Trinajstić information content (AvgIpc) is 3.01. The molecule has 0 radical (unpaired) electrons. The van der Waals surface area contributed by atoms with Crippen molar-refractivity contribution in [1.82, 2.24) is 14.4 Å². The number of hydrogen-bond acceptors (Lipinski definition) is 4. The molecule has 0 aliphatic carbocycles. The fourth-order valence-corrected chi connectivity index (χ4v) is 4.94. The molecular weight excluding hydrogens is 431 g/mol. The molecule has 6 nitrogen and oxygen atoms in total. The van der Waals surface area contributed by atoms with Crippen LogP contribution in [-0.2, 0) is 10.0 Å². The van der Waals surface area contributed by atoms with E-state index < -0.39 is 10.0 Å². The minimum atomic E-state index is -3.90. The van der Waals surface area contributed by atoms with Crippen LogP contribution in [0.25, 0.3) is 17.0 Å². The third-order valence-corrected chi connectivity index (χ3v) is 6.79. The van der Waals surface area contributed by atoms with Gasteiger partial charge in [-0.25, -0.2) is 18.4 Å². The highest BCUT2D eigenvalue weighted by molar-refractivity contribution is 7.92. The second-order valence-electron chi connectivity index (χ2n) is 6.55. The van der Waals surface area contributed by atoms with Crippen molar-refractivity contribution >= 4 is 44.7 Å². The fraction of sp³-hybridized carbons (Fsp3) is 0.100. The highest BCUT2D eigenvalue weighted by Gasteiger charge is 2.20. The molecule has 0 saturated heterocycles. The topological polar surface area (TPSA) is 76.4 Å². The molecule has 9 heteroatoms. The molecule has 0 aliphatic rings. The van der Waals surface area contributed by atoms with Crippen LogP contribution in [0.15, 0.2) is 59.8 Å². The van der Waals surface area contributed by atoms with Crippen molar-refractivity contribution in [1.29, 1.82) is 0 Å². The first kappa shape index (κ1) is 19.7. The number of aryl methyl sites for hydroxylation is 2. The van der Waals surface area contributed by atoms with Crippen LogP contribution < -0.4 is 4.72 Å². The molecule has 2 aromatic carbocycles. The van der Waals surface area contributed by atoms with Crippen LogP contribution in [0.2, 0.25) is 10.0 Å². The molecule has 29 heavy (non-hydrogen) atoms. The highest BCUT2D eigenvalue weighted by Crippen LogP contribution is 2.31. The van der Waals surface area contributed by atoms with Crippen LogP contribution >= 0.6 is 23.2 Å². The number of sulfonamides is 1. The van der Waals surface area contributed by atoms with E-state index in [0.29, 0.717) is 22.1 Å². The molecule has 0 spiro atoms. The van der Waals surface area contributed by atoms with E-state index in [-0.39, 0.29) is 9.92 Å². The van der Waals surface area contributed by atoms with Gasteiger partial charge in [-0.3, -0.25) is 9.12 Å². The largest absolute Gasteiger partial charge is 0.288 e. The molecule has 4 aromatic rings. The van der Waals surface area contributed by atoms with Crippen LogP contribution in [0.3, 0.4) is 0 Å². The van der Waals surface area contributed by atoms with Crippen molar-refractivity contribution in [2.24, 2.45) is 0 Å². The van der Waals surface area contributed by atoms with Gasteiger partial charge in [-0.05, 0) is 49.7 Å². The Morgan fingerprint density at radius 3 is 2.59 bits per heavy atom. The lowest BCUT2D eigenvalue weighted by molar-refractivity contribution is 0.601. The molecule has 0 unspecified atom stereocenters. The highest BCUT2D eigenvalue weighted by atomic mass is 35.5. The van der Waals surface area contributed by atoms with Crippen molar-refractivity contribution in [3.05, 3.63) is 76.2 Å². The van der Waals surface area contributed by atoms with E-state index in [0.717, 1.165) is 17.0 Å².